The van der Waals surface area contributed by atoms with Gasteiger partial charge in [0.15, 0.2) is 0 Å². The molecule has 0 aliphatic rings. The SMILES string of the molecule is CCOC(=O)c1cnc(Nc2ccc(F)cc2Cl)c2ccccc12. The molecule has 122 valence electrons. The van der Waals surface area contributed by atoms with Crippen molar-refractivity contribution >= 4 is 39.8 Å². The molecule has 3 rings (SSSR count). The molecule has 0 fully saturated rings. The van der Waals surface area contributed by atoms with Crippen LogP contribution >= 0.6 is 11.6 Å². The highest BCUT2D eigenvalue weighted by Gasteiger charge is 2.15. The lowest BCUT2D eigenvalue weighted by atomic mass is 10.1. The molecule has 0 amide bonds. The fourth-order valence-corrected chi connectivity index (χ4v) is 2.60. The van der Waals surface area contributed by atoms with Crippen molar-refractivity contribution in [2.75, 3.05) is 11.9 Å². The minimum atomic E-state index is -0.424. The Labute approximate surface area is 143 Å². The molecule has 1 aromatic heterocycles. The summed E-state index contributed by atoms with van der Waals surface area (Å²) in [5.41, 5.74) is 0.919. The van der Waals surface area contributed by atoms with Crippen molar-refractivity contribution in [1.82, 2.24) is 4.98 Å². The smallest absolute Gasteiger partial charge is 0.340 e. The van der Waals surface area contributed by atoms with Crippen LogP contribution in [0.5, 0.6) is 0 Å². The number of carbonyl (C=O) groups excluding carboxylic acids is 1. The molecule has 0 aliphatic carbocycles. The lowest BCUT2D eigenvalue weighted by molar-refractivity contribution is 0.0528. The van der Waals surface area contributed by atoms with Crippen LogP contribution in [0.1, 0.15) is 17.3 Å². The van der Waals surface area contributed by atoms with Crippen LogP contribution in [0.15, 0.2) is 48.7 Å². The number of ether oxygens (including phenoxy) is 1. The lowest BCUT2D eigenvalue weighted by Gasteiger charge is -2.12. The van der Waals surface area contributed by atoms with Gasteiger partial charge in [-0.05, 0) is 25.1 Å². The fraction of sp³-hybridized carbons (Fsp3) is 0.111. The first-order chi connectivity index (χ1) is 11.6. The summed E-state index contributed by atoms with van der Waals surface area (Å²) in [6.45, 7) is 2.04. The van der Waals surface area contributed by atoms with E-state index in [0.717, 1.165) is 5.39 Å². The third-order valence-electron chi connectivity index (χ3n) is 3.47. The average molecular weight is 345 g/mol. The monoisotopic (exact) mass is 344 g/mol. The molecule has 0 spiro atoms. The number of pyridine rings is 1. The molecule has 1 N–H and O–H groups in total. The Hall–Kier alpha value is -2.66. The van der Waals surface area contributed by atoms with Gasteiger partial charge in [-0.15, -0.1) is 0 Å². The number of nitrogens with zero attached hydrogens (tertiary/aromatic N) is 1. The quantitative estimate of drug-likeness (QED) is 0.680. The average Bonchev–Trinajstić information content (AvgIpc) is 2.57. The summed E-state index contributed by atoms with van der Waals surface area (Å²) in [7, 11) is 0. The number of hydrogen-bond donors (Lipinski definition) is 1. The molecular formula is C18H14ClFN2O2. The number of halogens is 2. The number of benzene rings is 2. The van der Waals surface area contributed by atoms with E-state index >= 15 is 0 Å². The molecule has 0 radical (unpaired) electrons. The molecule has 0 bridgehead atoms. The molecule has 0 saturated heterocycles. The van der Waals surface area contributed by atoms with E-state index in [2.05, 4.69) is 10.3 Å². The van der Waals surface area contributed by atoms with Crippen molar-refractivity contribution in [2.24, 2.45) is 0 Å². The summed E-state index contributed by atoms with van der Waals surface area (Å²) in [4.78, 5) is 16.4. The number of nitrogens with one attached hydrogen (secondary N) is 1. The fourth-order valence-electron chi connectivity index (χ4n) is 2.38. The van der Waals surface area contributed by atoms with Crippen molar-refractivity contribution in [1.29, 1.82) is 0 Å². The van der Waals surface area contributed by atoms with E-state index in [0.29, 0.717) is 29.1 Å². The Kier molecular flexibility index (Phi) is 4.62. The third kappa shape index (κ3) is 3.16. The van der Waals surface area contributed by atoms with E-state index in [1.807, 2.05) is 24.3 Å². The van der Waals surface area contributed by atoms with E-state index in [9.17, 15) is 9.18 Å². The minimum Gasteiger partial charge on any atom is -0.462 e. The van der Waals surface area contributed by atoms with Crippen LogP contribution in [0, 0.1) is 5.82 Å². The first kappa shape index (κ1) is 16.2. The van der Waals surface area contributed by atoms with Gasteiger partial charge in [0.05, 0.1) is 22.9 Å². The Balaban J connectivity index is 2.06. The zero-order chi connectivity index (χ0) is 17.1. The summed E-state index contributed by atoms with van der Waals surface area (Å²) in [6, 6.07) is 11.4. The zero-order valence-corrected chi connectivity index (χ0v) is 13.6. The van der Waals surface area contributed by atoms with Crippen LogP contribution < -0.4 is 5.32 Å². The van der Waals surface area contributed by atoms with Crippen molar-refractivity contribution in [3.05, 3.63) is 65.1 Å². The van der Waals surface area contributed by atoms with Gasteiger partial charge in [-0.25, -0.2) is 14.2 Å². The number of hydrogen-bond acceptors (Lipinski definition) is 4. The van der Waals surface area contributed by atoms with Crippen LogP contribution in [-0.2, 0) is 4.74 Å². The van der Waals surface area contributed by atoms with Crippen LogP contribution in [0.2, 0.25) is 5.02 Å². The number of carbonyl (C=O) groups is 1. The highest BCUT2D eigenvalue weighted by molar-refractivity contribution is 6.33. The molecule has 0 aliphatic heterocycles. The molecule has 0 saturated carbocycles. The van der Waals surface area contributed by atoms with Gasteiger partial charge in [0, 0.05) is 17.0 Å². The predicted molar refractivity (Wildman–Crippen MR) is 92.4 cm³/mol. The predicted octanol–water partition coefficient (Wildman–Crippen LogP) is 4.95. The van der Waals surface area contributed by atoms with Gasteiger partial charge >= 0.3 is 5.97 Å². The second-order valence-electron chi connectivity index (χ2n) is 5.04. The number of esters is 1. The van der Waals surface area contributed by atoms with Gasteiger partial charge in [-0.3, -0.25) is 0 Å². The molecule has 1 heterocycles. The molecule has 3 aromatic rings. The Morgan fingerprint density at radius 3 is 2.71 bits per heavy atom. The van der Waals surface area contributed by atoms with Crippen molar-refractivity contribution in [3.63, 3.8) is 0 Å². The van der Waals surface area contributed by atoms with Crippen LogP contribution in [0.3, 0.4) is 0 Å². The summed E-state index contributed by atoms with van der Waals surface area (Å²) in [5.74, 6) is -0.319. The van der Waals surface area contributed by atoms with Crippen LogP contribution in [-0.4, -0.2) is 17.6 Å². The number of rotatable bonds is 4. The maximum atomic E-state index is 13.2. The molecule has 0 unspecified atom stereocenters. The van der Waals surface area contributed by atoms with Crippen LogP contribution in [0.25, 0.3) is 10.8 Å². The van der Waals surface area contributed by atoms with Crippen molar-refractivity contribution in [3.8, 4) is 0 Å². The van der Waals surface area contributed by atoms with Gasteiger partial charge in [0.1, 0.15) is 11.6 Å². The normalized spacial score (nSPS) is 10.6. The number of aromatic nitrogens is 1. The number of anilines is 2. The molecule has 24 heavy (non-hydrogen) atoms. The summed E-state index contributed by atoms with van der Waals surface area (Å²) in [5, 5.41) is 4.78. The Morgan fingerprint density at radius 1 is 1.25 bits per heavy atom. The van der Waals surface area contributed by atoms with Gasteiger partial charge < -0.3 is 10.1 Å². The van der Waals surface area contributed by atoms with E-state index in [-0.39, 0.29) is 5.02 Å². The zero-order valence-electron chi connectivity index (χ0n) is 12.8. The lowest BCUT2D eigenvalue weighted by Crippen LogP contribution is -2.07. The molecule has 4 nitrogen and oxygen atoms in total. The second-order valence-corrected chi connectivity index (χ2v) is 5.44. The maximum Gasteiger partial charge on any atom is 0.340 e. The van der Waals surface area contributed by atoms with Crippen molar-refractivity contribution in [2.45, 2.75) is 6.92 Å². The maximum absolute atomic E-state index is 13.2. The summed E-state index contributed by atoms with van der Waals surface area (Å²) >= 11 is 6.05. The van der Waals surface area contributed by atoms with E-state index < -0.39 is 11.8 Å². The first-order valence-corrected chi connectivity index (χ1v) is 7.75. The summed E-state index contributed by atoms with van der Waals surface area (Å²) < 4.78 is 18.2. The third-order valence-corrected chi connectivity index (χ3v) is 3.79. The van der Waals surface area contributed by atoms with E-state index in [1.54, 1.807) is 6.92 Å². The van der Waals surface area contributed by atoms with Gasteiger partial charge in [-0.1, -0.05) is 35.9 Å². The van der Waals surface area contributed by atoms with E-state index in [1.165, 1.54) is 24.4 Å². The Bertz CT molecular complexity index is 915. The minimum absolute atomic E-state index is 0.246. The first-order valence-electron chi connectivity index (χ1n) is 7.37. The van der Waals surface area contributed by atoms with Gasteiger partial charge in [0.2, 0.25) is 0 Å². The molecular weight excluding hydrogens is 331 g/mol. The van der Waals surface area contributed by atoms with Crippen LogP contribution in [0.4, 0.5) is 15.9 Å². The molecule has 0 atom stereocenters. The molecule has 6 heteroatoms. The second kappa shape index (κ2) is 6.84. The van der Waals surface area contributed by atoms with Crippen molar-refractivity contribution < 1.29 is 13.9 Å². The van der Waals surface area contributed by atoms with Gasteiger partial charge in [0.25, 0.3) is 0 Å². The highest BCUT2D eigenvalue weighted by atomic mass is 35.5. The Morgan fingerprint density at radius 2 is 2.00 bits per heavy atom. The topological polar surface area (TPSA) is 51.2 Å². The summed E-state index contributed by atoms with van der Waals surface area (Å²) in [6.07, 6.45) is 1.46. The highest BCUT2D eigenvalue weighted by Crippen LogP contribution is 2.30. The molecule has 2 aromatic carbocycles. The van der Waals surface area contributed by atoms with Gasteiger partial charge in [-0.2, -0.15) is 0 Å². The largest absolute Gasteiger partial charge is 0.462 e. The number of fused-ring (bicyclic) bond motifs is 1. The van der Waals surface area contributed by atoms with E-state index in [4.69, 9.17) is 16.3 Å². The standard InChI is InChI=1S/C18H14ClFN2O2/c1-2-24-18(23)14-10-21-17(13-6-4-3-5-12(13)14)22-16-8-7-11(20)9-15(16)19/h3-10H,2H2,1H3,(H,21,22).